The van der Waals surface area contributed by atoms with Crippen molar-refractivity contribution in [2.45, 2.75) is 32.2 Å². The molecule has 2 aliphatic heterocycles. The summed E-state index contributed by atoms with van der Waals surface area (Å²) in [7, 11) is 1.88. The number of hydrogen-bond donors (Lipinski definition) is 1. The zero-order valence-electron chi connectivity index (χ0n) is 13.3. The number of anilines is 2. The molecule has 1 atom stereocenters. The number of carbonyl (C=O) groups is 1. The van der Waals surface area contributed by atoms with Crippen LogP contribution in [0.25, 0.3) is 0 Å². The van der Waals surface area contributed by atoms with Gasteiger partial charge >= 0.3 is 6.03 Å². The van der Waals surface area contributed by atoms with Gasteiger partial charge in [0.2, 0.25) is 0 Å². The highest BCUT2D eigenvalue weighted by Gasteiger charge is 2.24. The van der Waals surface area contributed by atoms with Crippen molar-refractivity contribution >= 4 is 29.3 Å². The minimum absolute atomic E-state index is 0.0358. The zero-order valence-corrected chi connectivity index (χ0v) is 14.2. The predicted molar refractivity (Wildman–Crippen MR) is 92.9 cm³/mol. The summed E-state index contributed by atoms with van der Waals surface area (Å²) in [6.07, 6.45) is 3.56. The summed E-state index contributed by atoms with van der Waals surface area (Å²) in [4.78, 5) is 21.1. The van der Waals surface area contributed by atoms with E-state index in [9.17, 15) is 4.79 Å². The molecule has 0 aromatic carbocycles. The molecule has 0 radical (unpaired) electrons. The Morgan fingerprint density at radius 3 is 2.82 bits per heavy atom. The summed E-state index contributed by atoms with van der Waals surface area (Å²) in [6, 6.07) is 4.30. The lowest BCUT2D eigenvalue weighted by molar-refractivity contribution is 0.209. The van der Waals surface area contributed by atoms with Gasteiger partial charge in [0.25, 0.3) is 0 Å². The SMILES string of the molecule is Cc1nc(N2CCCC2)ccc1NC(=O)N(C)[C@H]1CCSC1. The van der Waals surface area contributed by atoms with Gasteiger partial charge in [0.05, 0.1) is 11.4 Å². The van der Waals surface area contributed by atoms with E-state index in [-0.39, 0.29) is 6.03 Å². The first-order chi connectivity index (χ1) is 10.6. The lowest BCUT2D eigenvalue weighted by Gasteiger charge is -2.24. The summed E-state index contributed by atoms with van der Waals surface area (Å²) in [5.41, 5.74) is 1.69. The molecule has 2 fully saturated rings. The van der Waals surface area contributed by atoms with E-state index in [4.69, 9.17) is 0 Å². The Kier molecular flexibility index (Phi) is 4.76. The summed E-state index contributed by atoms with van der Waals surface area (Å²) >= 11 is 1.91. The Morgan fingerprint density at radius 2 is 2.18 bits per heavy atom. The van der Waals surface area contributed by atoms with Crippen LogP contribution in [0.3, 0.4) is 0 Å². The van der Waals surface area contributed by atoms with Gasteiger partial charge < -0.3 is 15.1 Å². The second kappa shape index (κ2) is 6.77. The van der Waals surface area contributed by atoms with Gasteiger partial charge in [0, 0.05) is 31.9 Å². The average molecular weight is 320 g/mol. The number of aryl methyl sites for hydroxylation is 1. The summed E-state index contributed by atoms with van der Waals surface area (Å²) in [5, 5.41) is 3.00. The van der Waals surface area contributed by atoms with Gasteiger partial charge in [-0.15, -0.1) is 0 Å². The third kappa shape index (κ3) is 3.32. The largest absolute Gasteiger partial charge is 0.357 e. The number of nitrogens with one attached hydrogen (secondary N) is 1. The summed E-state index contributed by atoms with van der Waals surface area (Å²) < 4.78 is 0. The van der Waals surface area contributed by atoms with Crippen molar-refractivity contribution in [2.24, 2.45) is 0 Å². The van der Waals surface area contributed by atoms with E-state index in [1.54, 1.807) is 0 Å². The van der Waals surface area contributed by atoms with Crippen molar-refractivity contribution in [1.29, 1.82) is 0 Å². The number of nitrogens with zero attached hydrogens (tertiary/aromatic N) is 3. The van der Waals surface area contributed by atoms with Gasteiger partial charge in [0.15, 0.2) is 0 Å². The average Bonchev–Trinajstić information content (AvgIpc) is 3.21. The maximum absolute atomic E-state index is 12.4. The molecular weight excluding hydrogens is 296 g/mol. The van der Waals surface area contributed by atoms with E-state index in [2.05, 4.69) is 15.2 Å². The second-order valence-corrected chi connectivity index (χ2v) is 7.20. The zero-order chi connectivity index (χ0) is 15.5. The van der Waals surface area contributed by atoms with E-state index in [1.165, 1.54) is 12.8 Å². The predicted octanol–water partition coefficient (Wildman–Crippen LogP) is 2.96. The molecule has 0 saturated carbocycles. The molecule has 1 aromatic rings. The Labute approximate surface area is 136 Å². The molecule has 3 heterocycles. The van der Waals surface area contributed by atoms with Crippen molar-refractivity contribution in [2.75, 3.05) is 41.9 Å². The molecule has 0 aliphatic carbocycles. The summed E-state index contributed by atoms with van der Waals surface area (Å²) in [5.74, 6) is 3.20. The minimum Gasteiger partial charge on any atom is -0.357 e. The highest BCUT2D eigenvalue weighted by Crippen LogP contribution is 2.24. The fourth-order valence-corrected chi connectivity index (χ4v) is 4.27. The van der Waals surface area contributed by atoms with E-state index in [0.29, 0.717) is 6.04 Å². The Bertz CT molecular complexity index is 539. The number of amides is 2. The smallest absolute Gasteiger partial charge is 0.321 e. The maximum Gasteiger partial charge on any atom is 0.321 e. The monoisotopic (exact) mass is 320 g/mol. The number of pyridine rings is 1. The molecule has 0 spiro atoms. The van der Waals surface area contributed by atoms with Crippen LogP contribution in [0.5, 0.6) is 0 Å². The number of carbonyl (C=O) groups excluding carboxylic acids is 1. The molecular formula is C16H24N4OS. The van der Waals surface area contributed by atoms with Gasteiger partial charge in [-0.1, -0.05) is 0 Å². The molecule has 0 bridgehead atoms. The van der Waals surface area contributed by atoms with Crippen LogP contribution in [0.2, 0.25) is 0 Å². The molecule has 120 valence electrons. The molecule has 22 heavy (non-hydrogen) atoms. The van der Waals surface area contributed by atoms with Crippen LogP contribution in [0.1, 0.15) is 25.0 Å². The fraction of sp³-hybridized carbons (Fsp3) is 0.625. The summed E-state index contributed by atoms with van der Waals surface area (Å²) in [6.45, 7) is 4.13. The lowest BCUT2D eigenvalue weighted by atomic mass is 10.2. The van der Waals surface area contributed by atoms with Crippen molar-refractivity contribution < 1.29 is 4.79 Å². The fourth-order valence-electron chi connectivity index (χ4n) is 3.00. The maximum atomic E-state index is 12.4. The van der Waals surface area contributed by atoms with Crippen LogP contribution in [-0.2, 0) is 0 Å². The van der Waals surface area contributed by atoms with Crippen molar-refractivity contribution in [3.63, 3.8) is 0 Å². The van der Waals surface area contributed by atoms with Crippen LogP contribution >= 0.6 is 11.8 Å². The molecule has 0 unspecified atom stereocenters. The lowest BCUT2D eigenvalue weighted by Crippen LogP contribution is -2.40. The van der Waals surface area contributed by atoms with Crippen molar-refractivity contribution in [3.05, 3.63) is 17.8 Å². The van der Waals surface area contributed by atoms with Gasteiger partial charge in [-0.25, -0.2) is 9.78 Å². The van der Waals surface area contributed by atoms with E-state index in [1.807, 2.05) is 42.8 Å². The normalized spacial score (nSPS) is 21.2. The van der Waals surface area contributed by atoms with E-state index < -0.39 is 0 Å². The Balaban J connectivity index is 1.65. The van der Waals surface area contributed by atoms with Crippen LogP contribution in [-0.4, -0.2) is 53.6 Å². The highest BCUT2D eigenvalue weighted by atomic mass is 32.2. The quantitative estimate of drug-likeness (QED) is 0.930. The van der Waals surface area contributed by atoms with Gasteiger partial charge in [0.1, 0.15) is 5.82 Å². The molecule has 6 heteroatoms. The third-order valence-electron chi connectivity index (χ3n) is 4.52. The van der Waals surface area contributed by atoms with Crippen LogP contribution in [0.4, 0.5) is 16.3 Å². The van der Waals surface area contributed by atoms with Gasteiger partial charge in [-0.2, -0.15) is 11.8 Å². The van der Waals surface area contributed by atoms with Crippen molar-refractivity contribution in [1.82, 2.24) is 9.88 Å². The Morgan fingerprint density at radius 1 is 1.41 bits per heavy atom. The van der Waals surface area contributed by atoms with Crippen LogP contribution < -0.4 is 10.2 Å². The van der Waals surface area contributed by atoms with Crippen LogP contribution in [0, 0.1) is 6.92 Å². The molecule has 1 aromatic heterocycles. The number of aromatic nitrogens is 1. The van der Waals surface area contributed by atoms with Gasteiger partial charge in [-0.3, -0.25) is 0 Å². The molecule has 1 N–H and O–H groups in total. The minimum atomic E-state index is -0.0358. The van der Waals surface area contributed by atoms with Gasteiger partial charge in [-0.05, 0) is 44.1 Å². The highest BCUT2D eigenvalue weighted by molar-refractivity contribution is 7.99. The van der Waals surface area contributed by atoms with E-state index in [0.717, 1.165) is 48.2 Å². The molecule has 5 nitrogen and oxygen atoms in total. The topological polar surface area (TPSA) is 48.5 Å². The number of thioether (sulfide) groups is 1. The first-order valence-electron chi connectivity index (χ1n) is 7.99. The molecule has 3 rings (SSSR count). The number of rotatable bonds is 3. The van der Waals surface area contributed by atoms with E-state index >= 15 is 0 Å². The number of hydrogen-bond acceptors (Lipinski definition) is 4. The Hall–Kier alpha value is -1.43. The molecule has 2 saturated heterocycles. The standard InChI is InChI=1S/C16H24N4OS/c1-12-14(5-6-15(17-12)20-8-3-4-9-20)18-16(21)19(2)13-7-10-22-11-13/h5-6,13H,3-4,7-11H2,1-2H3,(H,18,21)/t13-/m0/s1. The second-order valence-electron chi connectivity index (χ2n) is 6.06. The number of urea groups is 1. The first-order valence-corrected chi connectivity index (χ1v) is 9.15. The molecule has 2 amide bonds. The molecule has 2 aliphatic rings. The van der Waals surface area contributed by atoms with Crippen molar-refractivity contribution in [3.8, 4) is 0 Å². The first kappa shape index (κ1) is 15.5. The van der Waals surface area contributed by atoms with Crippen LogP contribution in [0.15, 0.2) is 12.1 Å². The third-order valence-corrected chi connectivity index (χ3v) is 5.66.